The fourth-order valence-electron chi connectivity index (χ4n) is 2.38. The van der Waals surface area contributed by atoms with Crippen molar-refractivity contribution in [1.29, 1.82) is 0 Å². The molecule has 3 aromatic carbocycles. The Morgan fingerprint density at radius 2 is 1.14 bits per heavy atom. The number of hydrogen-bond acceptors (Lipinski definition) is 3. The summed E-state index contributed by atoms with van der Waals surface area (Å²) in [6.45, 7) is 0. The minimum absolute atomic E-state index is 0.186. The molecule has 0 aliphatic heterocycles. The molecule has 3 heteroatoms. The summed E-state index contributed by atoms with van der Waals surface area (Å²) in [6, 6.07) is 19.2. The molecule has 0 saturated heterocycles. The van der Waals surface area contributed by atoms with Crippen LogP contribution in [0.3, 0.4) is 0 Å². The van der Waals surface area contributed by atoms with Crippen molar-refractivity contribution >= 4 is 6.29 Å². The van der Waals surface area contributed by atoms with Crippen LogP contribution in [0.25, 0.3) is 22.3 Å². The first kappa shape index (κ1) is 13.9. The fourth-order valence-corrected chi connectivity index (χ4v) is 2.38. The zero-order chi connectivity index (χ0) is 15.5. The van der Waals surface area contributed by atoms with Gasteiger partial charge in [0.25, 0.3) is 0 Å². The van der Waals surface area contributed by atoms with Crippen LogP contribution in [0, 0.1) is 0 Å². The molecule has 0 spiro atoms. The van der Waals surface area contributed by atoms with Crippen molar-refractivity contribution < 1.29 is 15.0 Å². The zero-order valence-electron chi connectivity index (χ0n) is 11.7. The van der Waals surface area contributed by atoms with Crippen LogP contribution in [0.5, 0.6) is 11.5 Å². The molecular formula is C19H14O3. The number of hydrogen-bond donors (Lipinski definition) is 2. The topological polar surface area (TPSA) is 57.5 Å². The first-order chi connectivity index (χ1) is 10.7. The number of carbonyl (C=O) groups excluding carboxylic acids is 1. The van der Waals surface area contributed by atoms with Crippen molar-refractivity contribution in [3.63, 3.8) is 0 Å². The highest BCUT2D eigenvalue weighted by Crippen LogP contribution is 2.30. The molecule has 3 rings (SSSR count). The van der Waals surface area contributed by atoms with Crippen LogP contribution in [-0.4, -0.2) is 16.5 Å². The first-order valence-electron chi connectivity index (χ1n) is 6.85. The second kappa shape index (κ2) is 5.74. The number of rotatable bonds is 3. The summed E-state index contributed by atoms with van der Waals surface area (Å²) in [4.78, 5) is 11.3. The largest absolute Gasteiger partial charge is 0.508 e. The third kappa shape index (κ3) is 2.69. The van der Waals surface area contributed by atoms with Gasteiger partial charge in [0.15, 0.2) is 6.29 Å². The van der Waals surface area contributed by atoms with Gasteiger partial charge in [0, 0.05) is 5.56 Å². The van der Waals surface area contributed by atoms with Gasteiger partial charge in [-0.05, 0) is 52.6 Å². The van der Waals surface area contributed by atoms with Gasteiger partial charge in [-0.3, -0.25) is 4.79 Å². The maximum Gasteiger partial charge on any atom is 0.150 e. The van der Waals surface area contributed by atoms with E-state index < -0.39 is 0 Å². The molecule has 3 nitrogen and oxygen atoms in total. The van der Waals surface area contributed by atoms with E-state index in [0.29, 0.717) is 5.56 Å². The van der Waals surface area contributed by atoms with Gasteiger partial charge in [-0.15, -0.1) is 0 Å². The summed E-state index contributed by atoms with van der Waals surface area (Å²) in [5.74, 6) is 0.401. The highest BCUT2D eigenvalue weighted by atomic mass is 16.3. The minimum atomic E-state index is 0.186. The molecule has 0 atom stereocenters. The van der Waals surface area contributed by atoms with Crippen molar-refractivity contribution in [2.75, 3.05) is 0 Å². The van der Waals surface area contributed by atoms with Gasteiger partial charge >= 0.3 is 0 Å². The number of aromatic hydroxyl groups is 2. The molecule has 22 heavy (non-hydrogen) atoms. The average molecular weight is 290 g/mol. The molecule has 0 heterocycles. The molecule has 0 saturated carbocycles. The molecule has 0 aliphatic carbocycles. The van der Waals surface area contributed by atoms with Gasteiger partial charge in [0.2, 0.25) is 0 Å². The van der Waals surface area contributed by atoms with E-state index in [-0.39, 0.29) is 11.5 Å². The number of phenols is 2. The van der Waals surface area contributed by atoms with Crippen LogP contribution in [0.4, 0.5) is 0 Å². The van der Waals surface area contributed by atoms with Gasteiger partial charge in [-0.2, -0.15) is 0 Å². The Labute approximate surface area is 128 Å². The molecule has 2 N–H and O–H groups in total. The van der Waals surface area contributed by atoms with Gasteiger partial charge in [0.05, 0.1) is 0 Å². The second-order valence-electron chi connectivity index (χ2n) is 5.01. The number of benzene rings is 3. The normalized spacial score (nSPS) is 10.4. The lowest BCUT2D eigenvalue weighted by atomic mass is 9.95. The van der Waals surface area contributed by atoms with Crippen LogP contribution in [0.15, 0.2) is 66.7 Å². The lowest BCUT2D eigenvalue weighted by molar-refractivity contribution is 0.112. The Balaban J connectivity index is 2.12. The summed E-state index contributed by atoms with van der Waals surface area (Å²) in [6.07, 6.45) is 0.822. The van der Waals surface area contributed by atoms with Crippen LogP contribution in [0.2, 0.25) is 0 Å². The number of phenolic OH excluding ortho intramolecular Hbond substituents is 2. The van der Waals surface area contributed by atoms with E-state index in [4.69, 9.17) is 0 Å². The van der Waals surface area contributed by atoms with Gasteiger partial charge in [-0.1, -0.05) is 36.4 Å². The third-order valence-electron chi connectivity index (χ3n) is 3.56. The van der Waals surface area contributed by atoms with Crippen LogP contribution in [0.1, 0.15) is 10.4 Å². The summed E-state index contributed by atoms with van der Waals surface area (Å²) < 4.78 is 0. The molecular weight excluding hydrogens is 276 g/mol. The van der Waals surface area contributed by atoms with Crippen molar-refractivity contribution in [2.45, 2.75) is 0 Å². The van der Waals surface area contributed by atoms with Crippen LogP contribution >= 0.6 is 0 Å². The summed E-state index contributed by atoms with van der Waals surface area (Å²) in [5, 5.41) is 18.8. The summed E-state index contributed by atoms with van der Waals surface area (Å²) in [7, 11) is 0. The Kier molecular flexibility index (Phi) is 3.62. The van der Waals surface area contributed by atoms with E-state index in [1.165, 1.54) is 0 Å². The Hall–Kier alpha value is -3.07. The molecule has 108 valence electrons. The monoisotopic (exact) mass is 290 g/mol. The lowest BCUT2D eigenvalue weighted by Crippen LogP contribution is -1.89. The maximum atomic E-state index is 11.3. The number of carbonyl (C=O) groups is 1. The van der Waals surface area contributed by atoms with E-state index >= 15 is 0 Å². The molecule has 0 amide bonds. The quantitative estimate of drug-likeness (QED) is 0.709. The Morgan fingerprint density at radius 3 is 1.68 bits per heavy atom. The van der Waals surface area contributed by atoms with Crippen LogP contribution in [-0.2, 0) is 0 Å². The molecule has 3 aromatic rings. The second-order valence-corrected chi connectivity index (χ2v) is 5.01. The highest BCUT2D eigenvalue weighted by molar-refractivity contribution is 5.90. The Morgan fingerprint density at radius 1 is 0.636 bits per heavy atom. The minimum Gasteiger partial charge on any atom is -0.508 e. The van der Waals surface area contributed by atoms with E-state index in [0.717, 1.165) is 28.5 Å². The SMILES string of the molecule is O=Cc1ccc(-c2ccc(O)cc2)cc1-c1ccc(O)cc1. The predicted molar refractivity (Wildman–Crippen MR) is 86.0 cm³/mol. The highest BCUT2D eigenvalue weighted by Gasteiger charge is 2.07. The smallest absolute Gasteiger partial charge is 0.150 e. The standard InChI is InChI=1S/C19H14O3/c20-12-16-2-1-15(13-3-7-17(21)8-4-13)11-19(16)14-5-9-18(22)10-6-14/h1-12,21-22H. The first-order valence-corrected chi connectivity index (χ1v) is 6.85. The van der Waals surface area contributed by atoms with Gasteiger partial charge < -0.3 is 10.2 Å². The summed E-state index contributed by atoms with van der Waals surface area (Å²) in [5.41, 5.74) is 4.17. The van der Waals surface area contributed by atoms with Gasteiger partial charge in [-0.25, -0.2) is 0 Å². The van der Waals surface area contributed by atoms with Crippen molar-refractivity contribution in [2.24, 2.45) is 0 Å². The van der Waals surface area contributed by atoms with Gasteiger partial charge in [0.1, 0.15) is 11.5 Å². The van der Waals surface area contributed by atoms with E-state index in [1.54, 1.807) is 42.5 Å². The maximum absolute atomic E-state index is 11.3. The molecule has 0 aromatic heterocycles. The molecule has 0 unspecified atom stereocenters. The third-order valence-corrected chi connectivity index (χ3v) is 3.56. The number of aldehydes is 1. The Bertz CT molecular complexity index is 803. The van der Waals surface area contributed by atoms with E-state index in [1.807, 2.05) is 24.3 Å². The average Bonchev–Trinajstić information content (AvgIpc) is 2.56. The lowest BCUT2D eigenvalue weighted by Gasteiger charge is -2.09. The van der Waals surface area contributed by atoms with Crippen LogP contribution < -0.4 is 0 Å². The molecule has 0 aliphatic rings. The van der Waals surface area contributed by atoms with Crippen molar-refractivity contribution in [3.05, 3.63) is 72.3 Å². The van der Waals surface area contributed by atoms with Crippen molar-refractivity contribution in [1.82, 2.24) is 0 Å². The van der Waals surface area contributed by atoms with E-state index in [2.05, 4.69) is 0 Å². The molecule has 0 radical (unpaired) electrons. The fraction of sp³-hybridized carbons (Fsp3) is 0. The molecule has 0 bridgehead atoms. The molecule has 0 fully saturated rings. The summed E-state index contributed by atoms with van der Waals surface area (Å²) >= 11 is 0. The van der Waals surface area contributed by atoms with E-state index in [9.17, 15) is 15.0 Å². The van der Waals surface area contributed by atoms with Crippen molar-refractivity contribution in [3.8, 4) is 33.8 Å². The zero-order valence-corrected chi connectivity index (χ0v) is 11.7. The predicted octanol–water partition coefficient (Wildman–Crippen LogP) is 4.24.